The van der Waals surface area contributed by atoms with Crippen LogP contribution in [0.3, 0.4) is 0 Å². The second kappa shape index (κ2) is 5.77. The van der Waals surface area contributed by atoms with Crippen LogP contribution in [0.25, 0.3) is 0 Å². The van der Waals surface area contributed by atoms with Gasteiger partial charge in [0.05, 0.1) is 5.69 Å². The van der Waals surface area contributed by atoms with Crippen molar-refractivity contribution in [3.05, 3.63) is 11.1 Å². The lowest BCUT2D eigenvalue weighted by Crippen LogP contribution is -2.50. The summed E-state index contributed by atoms with van der Waals surface area (Å²) in [6.45, 7) is 13.0. The molecule has 1 aliphatic rings. The van der Waals surface area contributed by atoms with Crippen molar-refractivity contribution in [2.45, 2.75) is 45.8 Å². The number of piperazine rings is 1. The number of aromatic nitrogens is 1. The first-order valence-electron chi connectivity index (χ1n) is 7.00. The molecule has 0 spiro atoms. The molecule has 5 heteroatoms. The molecule has 1 atom stereocenters. The maximum Gasteiger partial charge on any atom is 0.185 e. The molecule has 2 heterocycles. The van der Waals surface area contributed by atoms with Crippen molar-refractivity contribution in [1.82, 2.24) is 15.2 Å². The van der Waals surface area contributed by atoms with Gasteiger partial charge in [0.2, 0.25) is 0 Å². The van der Waals surface area contributed by atoms with Gasteiger partial charge in [-0.15, -0.1) is 11.3 Å². The van der Waals surface area contributed by atoms with Gasteiger partial charge in [0.15, 0.2) is 5.13 Å². The Morgan fingerprint density at radius 3 is 2.79 bits per heavy atom. The van der Waals surface area contributed by atoms with Crippen molar-refractivity contribution in [1.29, 1.82) is 0 Å². The van der Waals surface area contributed by atoms with E-state index in [9.17, 15) is 0 Å². The maximum atomic E-state index is 4.76. The van der Waals surface area contributed by atoms with E-state index in [1.165, 1.54) is 5.13 Å². The van der Waals surface area contributed by atoms with Crippen molar-refractivity contribution >= 4 is 16.5 Å². The number of hydrogen-bond acceptors (Lipinski definition) is 5. The van der Waals surface area contributed by atoms with Crippen LogP contribution < -0.4 is 10.2 Å². The van der Waals surface area contributed by atoms with Crippen LogP contribution in [-0.4, -0.2) is 48.1 Å². The smallest absolute Gasteiger partial charge is 0.185 e. The van der Waals surface area contributed by atoms with Gasteiger partial charge in [-0.3, -0.25) is 0 Å². The first kappa shape index (κ1) is 14.8. The third-order valence-corrected chi connectivity index (χ3v) is 4.52. The van der Waals surface area contributed by atoms with Crippen molar-refractivity contribution in [2.24, 2.45) is 0 Å². The quantitative estimate of drug-likeness (QED) is 0.921. The topological polar surface area (TPSA) is 31.4 Å². The molecule has 1 aromatic rings. The molecule has 2 rings (SSSR count). The van der Waals surface area contributed by atoms with Gasteiger partial charge in [-0.05, 0) is 34.7 Å². The van der Waals surface area contributed by atoms with E-state index in [-0.39, 0.29) is 5.54 Å². The number of anilines is 1. The lowest BCUT2D eigenvalue weighted by molar-refractivity contribution is 0.234. The Morgan fingerprint density at radius 1 is 1.42 bits per heavy atom. The molecule has 4 nitrogen and oxygen atoms in total. The van der Waals surface area contributed by atoms with Crippen LogP contribution in [0.5, 0.6) is 0 Å². The lowest BCUT2D eigenvalue weighted by Gasteiger charge is -2.37. The molecule has 1 unspecified atom stereocenters. The number of nitrogens with zero attached hydrogens (tertiary/aromatic N) is 3. The Bertz CT molecular complexity index is 410. The lowest BCUT2D eigenvalue weighted by atomic mass is 10.1. The molecule has 0 aromatic carbocycles. The van der Waals surface area contributed by atoms with Crippen molar-refractivity contribution < 1.29 is 0 Å². The van der Waals surface area contributed by atoms with Gasteiger partial charge < -0.3 is 15.1 Å². The fourth-order valence-electron chi connectivity index (χ4n) is 2.10. The summed E-state index contributed by atoms with van der Waals surface area (Å²) in [4.78, 5) is 9.58. The first-order valence-corrected chi connectivity index (χ1v) is 7.88. The zero-order valence-corrected chi connectivity index (χ0v) is 13.5. The normalized spacial score (nSPS) is 21.9. The van der Waals surface area contributed by atoms with Crippen LogP contribution >= 0.6 is 11.3 Å². The molecule has 1 aliphatic heterocycles. The SMILES string of the molecule is CC1CN(c2nc(CNC(C)(C)C)cs2)CCN1C. The Kier molecular flexibility index (Phi) is 4.48. The van der Waals surface area contributed by atoms with E-state index in [1.807, 2.05) is 0 Å². The summed E-state index contributed by atoms with van der Waals surface area (Å²) in [7, 11) is 2.20. The van der Waals surface area contributed by atoms with E-state index in [1.54, 1.807) is 11.3 Å². The molecule has 1 saturated heterocycles. The summed E-state index contributed by atoms with van der Waals surface area (Å²) in [6.07, 6.45) is 0. The number of nitrogens with one attached hydrogen (secondary N) is 1. The number of rotatable bonds is 3. The van der Waals surface area contributed by atoms with Crippen LogP contribution in [0, 0.1) is 0 Å². The molecule has 1 fully saturated rings. The zero-order chi connectivity index (χ0) is 14.0. The van der Waals surface area contributed by atoms with Crippen molar-refractivity contribution in [2.75, 3.05) is 31.6 Å². The largest absolute Gasteiger partial charge is 0.345 e. The minimum absolute atomic E-state index is 0.145. The monoisotopic (exact) mass is 282 g/mol. The second-order valence-corrected chi connectivity index (χ2v) is 7.34. The summed E-state index contributed by atoms with van der Waals surface area (Å²) < 4.78 is 0. The van der Waals surface area contributed by atoms with Crippen LogP contribution in [0.15, 0.2) is 5.38 Å². The van der Waals surface area contributed by atoms with Crippen LogP contribution in [0.1, 0.15) is 33.4 Å². The molecular weight excluding hydrogens is 256 g/mol. The molecular formula is C14H26N4S. The molecule has 19 heavy (non-hydrogen) atoms. The van der Waals surface area contributed by atoms with Crippen molar-refractivity contribution in [3.63, 3.8) is 0 Å². The molecule has 0 radical (unpaired) electrons. The number of hydrogen-bond donors (Lipinski definition) is 1. The average molecular weight is 282 g/mol. The van der Waals surface area contributed by atoms with Crippen LogP contribution in [0.2, 0.25) is 0 Å². The molecule has 0 bridgehead atoms. The molecule has 1 aromatic heterocycles. The highest BCUT2D eigenvalue weighted by atomic mass is 32.1. The van der Waals surface area contributed by atoms with Gasteiger partial charge in [-0.2, -0.15) is 0 Å². The second-order valence-electron chi connectivity index (χ2n) is 6.50. The predicted octanol–water partition coefficient (Wildman–Crippen LogP) is 2.17. The van der Waals surface area contributed by atoms with Gasteiger partial charge in [0, 0.05) is 43.1 Å². The summed E-state index contributed by atoms with van der Waals surface area (Å²) in [5.41, 5.74) is 1.30. The van der Waals surface area contributed by atoms with E-state index < -0.39 is 0 Å². The van der Waals surface area contributed by atoms with Gasteiger partial charge in [-0.1, -0.05) is 0 Å². The first-order chi connectivity index (χ1) is 8.85. The van der Waals surface area contributed by atoms with E-state index in [0.717, 1.165) is 31.9 Å². The zero-order valence-electron chi connectivity index (χ0n) is 12.7. The minimum Gasteiger partial charge on any atom is -0.345 e. The molecule has 0 saturated carbocycles. The van der Waals surface area contributed by atoms with Crippen molar-refractivity contribution in [3.8, 4) is 0 Å². The Morgan fingerprint density at radius 2 is 2.16 bits per heavy atom. The fourth-order valence-corrected chi connectivity index (χ4v) is 2.96. The Labute approximate surface area is 120 Å². The van der Waals surface area contributed by atoms with E-state index in [4.69, 9.17) is 4.98 Å². The highest BCUT2D eigenvalue weighted by Gasteiger charge is 2.22. The standard InChI is InChI=1S/C14H26N4S/c1-11-9-18(7-6-17(11)5)13-16-12(10-19-13)8-15-14(2,3)4/h10-11,15H,6-9H2,1-5H3. The van der Waals surface area contributed by atoms with Gasteiger partial charge >= 0.3 is 0 Å². The summed E-state index contributed by atoms with van der Waals surface area (Å²) in [6, 6.07) is 0.605. The number of likely N-dealkylation sites (N-methyl/N-ethyl adjacent to an activating group) is 1. The third kappa shape index (κ3) is 4.16. The average Bonchev–Trinajstić information content (AvgIpc) is 2.78. The fraction of sp³-hybridized carbons (Fsp3) is 0.786. The molecule has 0 amide bonds. The van der Waals surface area contributed by atoms with E-state index in [2.05, 4.69) is 55.2 Å². The predicted molar refractivity (Wildman–Crippen MR) is 83.0 cm³/mol. The summed E-state index contributed by atoms with van der Waals surface area (Å²) >= 11 is 1.77. The van der Waals surface area contributed by atoms with Gasteiger partial charge in [0.1, 0.15) is 0 Å². The third-order valence-electron chi connectivity index (χ3n) is 3.57. The maximum absolute atomic E-state index is 4.76. The highest BCUT2D eigenvalue weighted by Crippen LogP contribution is 2.23. The summed E-state index contributed by atoms with van der Waals surface area (Å²) in [5, 5.41) is 6.84. The minimum atomic E-state index is 0.145. The Balaban J connectivity index is 1.93. The molecule has 1 N–H and O–H groups in total. The van der Waals surface area contributed by atoms with Crippen LogP contribution in [0.4, 0.5) is 5.13 Å². The Hall–Kier alpha value is -0.650. The van der Waals surface area contributed by atoms with Crippen LogP contribution in [-0.2, 0) is 6.54 Å². The van der Waals surface area contributed by atoms with Gasteiger partial charge in [0.25, 0.3) is 0 Å². The van der Waals surface area contributed by atoms with Gasteiger partial charge in [-0.25, -0.2) is 4.98 Å². The highest BCUT2D eigenvalue weighted by molar-refractivity contribution is 7.13. The van der Waals surface area contributed by atoms with E-state index in [0.29, 0.717) is 6.04 Å². The summed E-state index contributed by atoms with van der Waals surface area (Å²) in [5.74, 6) is 0. The molecule has 108 valence electrons. The number of thiazole rings is 1. The van der Waals surface area contributed by atoms with E-state index >= 15 is 0 Å². The molecule has 0 aliphatic carbocycles.